The van der Waals surface area contributed by atoms with Crippen LogP contribution in [0.4, 0.5) is 0 Å². The van der Waals surface area contributed by atoms with Gasteiger partial charge in [0.05, 0.1) is 5.50 Å². The molecule has 4 rings (SSSR count). The topological polar surface area (TPSA) is 16.4 Å². The molecule has 1 aliphatic heterocycles. The van der Waals surface area contributed by atoms with Crippen molar-refractivity contribution < 1.29 is 4.42 Å². The fourth-order valence-electron chi connectivity index (χ4n) is 3.12. The minimum absolute atomic E-state index is 0.0200. The first-order chi connectivity index (χ1) is 10.2. The van der Waals surface area contributed by atoms with E-state index in [4.69, 9.17) is 16.0 Å². The molecule has 1 atom stereocenters. The van der Waals surface area contributed by atoms with E-state index < -0.39 is 0 Å². The molecule has 0 aliphatic carbocycles. The van der Waals surface area contributed by atoms with Gasteiger partial charge in [-0.1, -0.05) is 42.5 Å². The molecule has 0 N–H and O–H groups in total. The zero-order chi connectivity index (χ0) is 14.4. The van der Waals surface area contributed by atoms with Crippen molar-refractivity contribution in [1.29, 1.82) is 0 Å². The third kappa shape index (κ3) is 2.06. The summed E-state index contributed by atoms with van der Waals surface area (Å²) in [6.45, 7) is 0.808. The number of alkyl halides is 1. The maximum Gasteiger partial charge on any atom is 0.139 e. The molecule has 2 aromatic carbocycles. The van der Waals surface area contributed by atoms with E-state index in [0.717, 1.165) is 29.9 Å². The van der Waals surface area contributed by atoms with Gasteiger partial charge < -0.3 is 4.42 Å². The molecule has 0 amide bonds. The highest BCUT2D eigenvalue weighted by atomic mass is 35.5. The smallest absolute Gasteiger partial charge is 0.139 e. The molecule has 3 aromatic rings. The third-order valence-electron chi connectivity index (χ3n) is 4.21. The molecule has 2 nitrogen and oxygen atoms in total. The lowest BCUT2D eigenvalue weighted by atomic mass is 10.0. The SMILES string of the molecule is CN1Cc2c(-c3ccccc3)oc3cccc(c23)CC1Cl. The van der Waals surface area contributed by atoms with E-state index in [0.29, 0.717) is 0 Å². The molecule has 0 saturated heterocycles. The van der Waals surface area contributed by atoms with Crippen molar-refractivity contribution in [1.82, 2.24) is 4.90 Å². The van der Waals surface area contributed by atoms with Crippen LogP contribution in [0.25, 0.3) is 22.3 Å². The van der Waals surface area contributed by atoms with Gasteiger partial charge in [-0.3, -0.25) is 4.90 Å². The Hall–Kier alpha value is -1.77. The molecule has 1 aromatic heterocycles. The van der Waals surface area contributed by atoms with Crippen LogP contribution in [-0.4, -0.2) is 17.4 Å². The Labute approximate surface area is 128 Å². The van der Waals surface area contributed by atoms with Gasteiger partial charge in [0.25, 0.3) is 0 Å². The average molecular weight is 298 g/mol. The first-order valence-electron chi connectivity index (χ1n) is 7.17. The summed E-state index contributed by atoms with van der Waals surface area (Å²) >= 11 is 6.50. The number of nitrogens with zero attached hydrogens (tertiary/aromatic N) is 1. The summed E-state index contributed by atoms with van der Waals surface area (Å²) in [7, 11) is 2.07. The Balaban J connectivity index is 2.01. The van der Waals surface area contributed by atoms with Crippen LogP contribution >= 0.6 is 11.6 Å². The van der Waals surface area contributed by atoms with Crippen molar-refractivity contribution in [3.05, 3.63) is 59.7 Å². The second-order valence-corrected chi connectivity index (χ2v) is 6.12. The summed E-state index contributed by atoms with van der Waals surface area (Å²) in [6, 6.07) is 16.6. The predicted molar refractivity (Wildman–Crippen MR) is 86.5 cm³/mol. The molecule has 3 heteroatoms. The second kappa shape index (κ2) is 4.90. The Morgan fingerprint density at radius 3 is 2.71 bits per heavy atom. The van der Waals surface area contributed by atoms with Gasteiger partial charge >= 0.3 is 0 Å². The molecular weight excluding hydrogens is 282 g/mol. The maximum absolute atomic E-state index is 6.50. The van der Waals surface area contributed by atoms with Crippen LogP contribution in [0.15, 0.2) is 52.9 Å². The molecular formula is C18H16ClNO. The van der Waals surface area contributed by atoms with Crippen LogP contribution in [0.2, 0.25) is 0 Å². The van der Waals surface area contributed by atoms with E-state index >= 15 is 0 Å². The molecule has 0 fully saturated rings. The van der Waals surface area contributed by atoms with E-state index in [9.17, 15) is 0 Å². The highest BCUT2D eigenvalue weighted by molar-refractivity contribution is 6.20. The van der Waals surface area contributed by atoms with Crippen molar-refractivity contribution in [3.63, 3.8) is 0 Å². The van der Waals surface area contributed by atoms with Gasteiger partial charge in [-0.25, -0.2) is 0 Å². The van der Waals surface area contributed by atoms with Crippen molar-refractivity contribution >= 4 is 22.6 Å². The molecule has 0 spiro atoms. The van der Waals surface area contributed by atoms with Crippen LogP contribution in [0, 0.1) is 0 Å². The normalized spacial score (nSPS) is 18.9. The predicted octanol–water partition coefficient (Wildman–Crippen LogP) is 4.65. The average Bonchev–Trinajstić information content (AvgIpc) is 2.81. The fourth-order valence-corrected chi connectivity index (χ4v) is 3.35. The highest BCUT2D eigenvalue weighted by Crippen LogP contribution is 2.39. The summed E-state index contributed by atoms with van der Waals surface area (Å²) in [5.41, 5.74) is 4.62. The number of hydrogen-bond donors (Lipinski definition) is 0. The van der Waals surface area contributed by atoms with Gasteiger partial charge in [0.2, 0.25) is 0 Å². The number of likely N-dealkylation sites (N-methyl/N-ethyl adjacent to an activating group) is 1. The largest absolute Gasteiger partial charge is 0.456 e. The fraction of sp³-hybridized carbons (Fsp3) is 0.222. The van der Waals surface area contributed by atoms with E-state index in [1.54, 1.807) is 0 Å². The first kappa shape index (κ1) is 12.9. The number of furan rings is 1. The van der Waals surface area contributed by atoms with Crippen LogP contribution in [0.5, 0.6) is 0 Å². The molecule has 1 aliphatic rings. The van der Waals surface area contributed by atoms with Crippen molar-refractivity contribution in [2.24, 2.45) is 0 Å². The summed E-state index contributed by atoms with van der Waals surface area (Å²) in [4.78, 5) is 2.18. The molecule has 0 radical (unpaired) electrons. The summed E-state index contributed by atoms with van der Waals surface area (Å²) in [6.07, 6.45) is 0.843. The third-order valence-corrected chi connectivity index (χ3v) is 4.70. The van der Waals surface area contributed by atoms with Gasteiger partial charge in [-0.15, -0.1) is 11.6 Å². The minimum atomic E-state index is 0.0200. The lowest BCUT2D eigenvalue weighted by molar-refractivity contribution is 0.303. The van der Waals surface area contributed by atoms with Gasteiger partial charge in [0, 0.05) is 29.5 Å². The maximum atomic E-state index is 6.50. The van der Waals surface area contributed by atoms with E-state index in [1.165, 1.54) is 16.5 Å². The highest BCUT2D eigenvalue weighted by Gasteiger charge is 2.26. The van der Waals surface area contributed by atoms with E-state index in [2.05, 4.69) is 36.2 Å². The monoisotopic (exact) mass is 297 g/mol. The zero-order valence-corrected chi connectivity index (χ0v) is 12.6. The number of halogens is 1. The quantitative estimate of drug-likeness (QED) is 0.480. The van der Waals surface area contributed by atoms with Gasteiger partial charge in [-0.2, -0.15) is 0 Å². The number of hydrogen-bond acceptors (Lipinski definition) is 2. The molecule has 1 unspecified atom stereocenters. The molecule has 0 saturated carbocycles. The lowest BCUT2D eigenvalue weighted by Crippen LogP contribution is -2.26. The number of benzene rings is 2. The summed E-state index contributed by atoms with van der Waals surface area (Å²) in [5.74, 6) is 0.968. The van der Waals surface area contributed by atoms with E-state index in [-0.39, 0.29) is 5.50 Å². The first-order valence-corrected chi connectivity index (χ1v) is 7.60. The Morgan fingerprint density at radius 2 is 1.90 bits per heavy atom. The van der Waals surface area contributed by atoms with Crippen molar-refractivity contribution in [2.45, 2.75) is 18.5 Å². The van der Waals surface area contributed by atoms with Gasteiger partial charge in [-0.05, 0) is 18.7 Å². The molecule has 0 bridgehead atoms. The Kier molecular flexibility index (Phi) is 3.02. The number of rotatable bonds is 1. The standard InChI is InChI=1S/C18H16ClNO/c1-20-11-14-17-13(10-16(20)19)8-5-9-15(17)21-18(14)12-6-3-2-4-7-12/h2-9,16H,10-11H2,1H3. The van der Waals surface area contributed by atoms with Gasteiger partial charge in [0.1, 0.15) is 11.3 Å². The lowest BCUT2D eigenvalue weighted by Gasteiger charge is -2.20. The molecule has 2 heterocycles. The summed E-state index contributed by atoms with van der Waals surface area (Å²) in [5, 5.41) is 1.24. The van der Waals surface area contributed by atoms with Crippen LogP contribution in [-0.2, 0) is 13.0 Å². The minimum Gasteiger partial charge on any atom is -0.456 e. The Bertz CT molecular complexity index is 794. The Morgan fingerprint density at radius 1 is 1.10 bits per heavy atom. The van der Waals surface area contributed by atoms with Gasteiger partial charge in [0.15, 0.2) is 0 Å². The van der Waals surface area contributed by atoms with Crippen LogP contribution in [0.3, 0.4) is 0 Å². The zero-order valence-electron chi connectivity index (χ0n) is 11.8. The second-order valence-electron chi connectivity index (χ2n) is 5.62. The van der Waals surface area contributed by atoms with Crippen LogP contribution in [0.1, 0.15) is 11.1 Å². The van der Waals surface area contributed by atoms with Crippen molar-refractivity contribution in [2.75, 3.05) is 7.05 Å². The van der Waals surface area contributed by atoms with Crippen LogP contribution < -0.4 is 0 Å². The van der Waals surface area contributed by atoms with E-state index in [1.807, 2.05) is 24.3 Å². The summed E-state index contributed by atoms with van der Waals surface area (Å²) < 4.78 is 6.17. The molecule has 21 heavy (non-hydrogen) atoms. The molecule has 106 valence electrons. The van der Waals surface area contributed by atoms with Crippen molar-refractivity contribution in [3.8, 4) is 11.3 Å².